The molecule has 2 aromatic heterocycles. The van der Waals surface area contributed by atoms with Crippen molar-refractivity contribution >= 4 is 5.91 Å². The smallest absolute Gasteiger partial charge is 0.280 e. The van der Waals surface area contributed by atoms with Gasteiger partial charge in [0.05, 0.1) is 12.7 Å². The van der Waals surface area contributed by atoms with E-state index >= 15 is 0 Å². The summed E-state index contributed by atoms with van der Waals surface area (Å²) in [5, 5.41) is 14.6. The minimum absolute atomic E-state index is 0.0548. The van der Waals surface area contributed by atoms with Crippen molar-refractivity contribution in [2.45, 2.75) is 52.2 Å². The molecule has 10 nitrogen and oxygen atoms in total. The van der Waals surface area contributed by atoms with Crippen LogP contribution in [0.2, 0.25) is 0 Å². The van der Waals surface area contributed by atoms with E-state index in [0.29, 0.717) is 54.9 Å². The van der Waals surface area contributed by atoms with Gasteiger partial charge in [0, 0.05) is 25.0 Å². The number of aromatic nitrogens is 5. The van der Waals surface area contributed by atoms with Crippen molar-refractivity contribution in [2.24, 2.45) is 5.92 Å². The zero-order chi connectivity index (χ0) is 17.8. The fourth-order valence-corrected chi connectivity index (χ4v) is 3.01. The van der Waals surface area contributed by atoms with Crippen molar-refractivity contribution in [1.29, 1.82) is 0 Å². The highest BCUT2D eigenvalue weighted by Crippen LogP contribution is 2.19. The summed E-state index contributed by atoms with van der Waals surface area (Å²) in [5.74, 6) is 1.41. The molecule has 3 N–H and O–H groups in total. The van der Waals surface area contributed by atoms with Crippen LogP contribution in [-0.2, 0) is 11.3 Å². The molecule has 136 valence electrons. The van der Waals surface area contributed by atoms with Crippen molar-refractivity contribution in [2.75, 3.05) is 6.54 Å². The minimum Gasteiger partial charge on any atom is -0.354 e. The van der Waals surface area contributed by atoms with Crippen molar-refractivity contribution in [3.05, 3.63) is 12.0 Å². The first kappa shape index (κ1) is 17.5. The van der Waals surface area contributed by atoms with E-state index in [-0.39, 0.29) is 5.91 Å². The SMILES string of the molecule is Cc1noc(-c2cn(CCNC(=O)CCC3C(C)NNC3C)nn2)n1. The average Bonchev–Trinajstić information content (AvgIpc) is 3.28. The third-order valence-electron chi connectivity index (χ3n) is 4.48. The molecule has 25 heavy (non-hydrogen) atoms. The number of carbonyl (C=O) groups is 1. The van der Waals surface area contributed by atoms with Crippen LogP contribution >= 0.6 is 0 Å². The maximum atomic E-state index is 12.0. The highest BCUT2D eigenvalue weighted by Gasteiger charge is 2.29. The molecule has 0 spiro atoms. The lowest BCUT2D eigenvalue weighted by molar-refractivity contribution is -0.121. The fraction of sp³-hybridized carbons (Fsp3) is 0.667. The quantitative estimate of drug-likeness (QED) is 0.641. The lowest BCUT2D eigenvalue weighted by Gasteiger charge is -2.17. The minimum atomic E-state index is 0.0548. The Hall–Kier alpha value is -2.33. The lowest BCUT2D eigenvalue weighted by atomic mass is 9.91. The zero-order valence-electron chi connectivity index (χ0n) is 14.7. The van der Waals surface area contributed by atoms with E-state index in [4.69, 9.17) is 4.52 Å². The zero-order valence-corrected chi connectivity index (χ0v) is 14.7. The fourth-order valence-electron chi connectivity index (χ4n) is 3.01. The molecule has 1 aliphatic heterocycles. The standard InChI is InChI=1S/C15H24N8O2/c1-9-12(10(2)19-18-9)4-5-14(24)16-6-7-23-8-13(20-22-23)15-17-11(3)21-25-15/h8-10,12,18-19H,4-7H2,1-3H3,(H,16,24). The second-order valence-corrected chi connectivity index (χ2v) is 6.43. The Labute approximate surface area is 145 Å². The molecule has 0 aliphatic carbocycles. The number of nitrogens with one attached hydrogen (secondary N) is 3. The Morgan fingerprint density at radius 2 is 2.12 bits per heavy atom. The molecule has 3 heterocycles. The highest BCUT2D eigenvalue weighted by molar-refractivity contribution is 5.75. The van der Waals surface area contributed by atoms with Gasteiger partial charge in [-0.2, -0.15) is 4.98 Å². The van der Waals surface area contributed by atoms with Crippen molar-refractivity contribution in [1.82, 2.24) is 41.3 Å². The van der Waals surface area contributed by atoms with E-state index in [9.17, 15) is 4.79 Å². The first-order valence-electron chi connectivity index (χ1n) is 8.51. The lowest BCUT2D eigenvalue weighted by Crippen LogP contribution is -2.30. The Bertz CT molecular complexity index is 702. The molecule has 0 aromatic carbocycles. The summed E-state index contributed by atoms with van der Waals surface area (Å²) in [6.45, 7) is 7.03. The van der Waals surface area contributed by atoms with E-state index in [1.54, 1.807) is 17.8 Å². The maximum absolute atomic E-state index is 12.0. The number of hydrazine groups is 1. The normalized spacial score (nSPS) is 23.1. The van der Waals surface area contributed by atoms with Gasteiger partial charge in [-0.3, -0.25) is 15.6 Å². The van der Waals surface area contributed by atoms with E-state index in [0.717, 1.165) is 6.42 Å². The van der Waals surface area contributed by atoms with Crippen LogP contribution in [0.25, 0.3) is 11.6 Å². The van der Waals surface area contributed by atoms with Gasteiger partial charge in [-0.15, -0.1) is 5.10 Å². The third-order valence-corrected chi connectivity index (χ3v) is 4.48. The predicted octanol–water partition coefficient (Wildman–Crippen LogP) is 0.0339. The van der Waals surface area contributed by atoms with Crippen LogP contribution in [0.15, 0.2) is 10.7 Å². The van der Waals surface area contributed by atoms with Crippen LogP contribution in [-0.4, -0.2) is 49.7 Å². The van der Waals surface area contributed by atoms with Crippen molar-refractivity contribution in [3.8, 4) is 11.6 Å². The number of hydrogen-bond acceptors (Lipinski definition) is 8. The van der Waals surface area contributed by atoms with Gasteiger partial charge in [0.1, 0.15) is 0 Å². The van der Waals surface area contributed by atoms with Crippen LogP contribution in [0.4, 0.5) is 0 Å². The topological polar surface area (TPSA) is 123 Å². The molecule has 1 fully saturated rings. The van der Waals surface area contributed by atoms with Crippen LogP contribution in [0, 0.1) is 12.8 Å². The third kappa shape index (κ3) is 4.40. The molecule has 3 rings (SSSR count). The Balaban J connectivity index is 1.39. The predicted molar refractivity (Wildman–Crippen MR) is 89.0 cm³/mol. The van der Waals surface area contributed by atoms with Gasteiger partial charge in [0.2, 0.25) is 5.91 Å². The number of amides is 1. The van der Waals surface area contributed by atoms with Crippen LogP contribution in [0.1, 0.15) is 32.5 Å². The van der Waals surface area contributed by atoms with Gasteiger partial charge in [-0.25, -0.2) is 4.68 Å². The van der Waals surface area contributed by atoms with Gasteiger partial charge in [0.15, 0.2) is 11.5 Å². The molecule has 1 saturated heterocycles. The maximum Gasteiger partial charge on any atom is 0.280 e. The van der Waals surface area contributed by atoms with Gasteiger partial charge >= 0.3 is 0 Å². The van der Waals surface area contributed by atoms with Crippen LogP contribution in [0.3, 0.4) is 0 Å². The first-order valence-corrected chi connectivity index (χ1v) is 8.51. The molecule has 0 bridgehead atoms. The molecule has 0 radical (unpaired) electrons. The number of carbonyl (C=O) groups excluding carboxylic acids is 1. The van der Waals surface area contributed by atoms with E-state index < -0.39 is 0 Å². The summed E-state index contributed by atoms with van der Waals surface area (Å²) in [6, 6.07) is 0.759. The monoisotopic (exact) mass is 348 g/mol. The Kier molecular flexibility index (Phi) is 5.39. The summed E-state index contributed by atoms with van der Waals surface area (Å²) < 4.78 is 6.69. The van der Waals surface area contributed by atoms with Gasteiger partial charge in [0.25, 0.3) is 5.89 Å². The van der Waals surface area contributed by atoms with Gasteiger partial charge < -0.3 is 9.84 Å². The van der Waals surface area contributed by atoms with Crippen molar-refractivity contribution < 1.29 is 9.32 Å². The first-order chi connectivity index (χ1) is 12.0. The number of aryl methyl sites for hydroxylation is 1. The van der Waals surface area contributed by atoms with E-state index in [2.05, 4.69) is 50.5 Å². The summed E-state index contributed by atoms with van der Waals surface area (Å²) in [6.07, 6.45) is 3.10. The Morgan fingerprint density at radius 3 is 2.80 bits per heavy atom. The van der Waals surface area contributed by atoms with Gasteiger partial charge in [-0.05, 0) is 33.1 Å². The summed E-state index contributed by atoms with van der Waals surface area (Å²) in [4.78, 5) is 16.1. The van der Waals surface area contributed by atoms with Crippen molar-refractivity contribution in [3.63, 3.8) is 0 Å². The Morgan fingerprint density at radius 1 is 1.36 bits per heavy atom. The average molecular weight is 348 g/mol. The van der Waals surface area contributed by atoms with E-state index in [1.807, 2.05) is 0 Å². The largest absolute Gasteiger partial charge is 0.354 e. The number of rotatable bonds is 7. The molecule has 2 unspecified atom stereocenters. The molecule has 2 aromatic rings. The van der Waals surface area contributed by atoms with Crippen LogP contribution in [0.5, 0.6) is 0 Å². The summed E-state index contributed by atoms with van der Waals surface area (Å²) >= 11 is 0. The molecule has 0 saturated carbocycles. The molecule has 1 amide bonds. The molecular formula is C15H24N8O2. The molecule has 2 atom stereocenters. The number of hydrogen-bond donors (Lipinski definition) is 3. The molecule has 10 heteroatoms. The number of nitrogens with zero attached hydrogens (tertiary/aromatic N) is 5. The van der Waals surface area contributed by atoms with Crippen LogP contribution < -0.4 is 16.2 Å². The summed E-state index contributed by atoms with van der Waals surface area (Å²) in [5.41, 5.74) is 6.94. The van der Waals surface area contributed by atoms with Gasteiger partial charge in [-0.1, -0.05) is 10.4 Å². The highest BCUT2D eigenvalue weighted by atomic mass is 16.5. The second-order valence-electron chi connectivity index (χ2n) is 6.43. The van der Waals surface area contributed by atoms with E-state index in [1.165, 1.54) is 0 Å². The summed E-state index contributed by atoms with van der Waals surface area (Å²) in [7, 11) is 0. The second kappa shape index (κ2) is 7.70. The molecular weight excluding hydrogens is 324 g/mol. The molecule has 1 aliphatic rings.